The molecule has 1 aromatic heterocycles. The highest BCUT2D eigenvalue weighted by Crippen LogP contribution is 2.52. The number of hydrogen-bond donors (Lipinski definition) is 3. The number of carbonyl (C=O) groups excluding carboxylic acids is 1. The number of hydrogen-bond acceptors (Lipinski definition) is 4. The summed E-state index contributed by atoms with van der Waals surface area (Å²) in [5, 5.41) is 12.2. The fourth-order valence-corrected chi connectivity index (χ4v) is 5.03. The third-order valence-electron chi connectivity index (χ3n) is 6.20. The number of H-pyrrole nitrogens is 1. The lowest BCUT2D eigenvalue weighted by Crippen LogP contribution is -2.50. The van der Waals surface area contributed by atoms with Gasteiger partial charge in [0.15, 0.2) is 0 Å². The molecule has 27 heavy (non-hydrogen) atoms. The highest BCUT2D eigenvalue weighted by atomic mass is 16.3. The van der Waals surface area contributed by atoms with Gasteiger partial charge in [-0.3, -0.25) is 9.69 Å². The van der Waals surface area contributed by atoms with E-state index < -0.39 is 5.41 Å². The Morgan fingerprint density at radius 2 is 2.19 bits per heavy atom. The molecule has 6 heteroatoms. The van der Waals surface area contributed by atoms with E-state index >= 15 is 0 Å². The SMILES string of the molecule is O=C(NCCCO)[C@]1(Cc2ccccc2)C[C@@H]2CC[C@H]1N2Cc1ncc[nH]1. The minimum Gasteiger partial charge on any atom is -0.396 e. The van der Waals surface area contributed by atoms with Gasteiger partial charge in [0.1, 0.15) is 5.82 Å². The van der Waals surface area contributed by atoms with Crippen molar-refractivity contribution in [3.63, 3.8) is 0 Å². The number of fused-ring (bicyclic) bond motifs is 2. The molecule has 2 aliphatic heterocycles. The summed E-state index contributed by atoms with van der Waals surface area (Å²) < 4.78 is 0. The van der Waals surface area contributed by atoms with Gasteiger partial charge in [0.25, 0.3) is 0 Å². The number of benzene rings is 1. The Hall–Kier alpha value is -2.18. The molecular weight excluding hydrogens is 340 g/mol. The molecule has 2 fully saturated rings. The molecule has 6 nitrogen and oxygen atoms in total. The molecule has 0 unspecified atom stereocenters. The molecule has 2 aromatic rings. The molecule has 0 aliphatic carbocycles. The Morgan fingerprint density at radius 1 is 1.33 bits per heavy atom. The lowest BCUT2D eigenvalue weighted by atomic mass is 9.69. The summed E-state index contributed by atoms with van der Waals surface area (Å²) in [4.78, 5) is 23.4. The standard InChI is InChI=1S/C21H28N4O2/c26-12-4-9-24-20(27)21(13-16-5-2-1-3-6-16)14-17-7-8-18(21)25(17)15-19-22-10-11-23-19/h1-3,5-6,10-11,17-18,26H,4,7-9,12-15H2,(H,22,23)(H,24,27)/t17-,18+,21+/m0/s1. The van der Waals surface area contributed by atoms with E-state index in [0.717, 1.165) is 38.1 Å². The van der Waals surface area contributed by atoms with Gasteiger partial charge in [-0.15, -0.1) is 0 Å². The number of aromatic nitrogens is 2. The van der Waals surface area contributed by atoms with E-state index in [1.165, 1.54) is 5.56 Å². The second kappa shape index (κ2) is 7.82. The number of carbonyl (C=O) groups is 1. The molecule has 1 aromatic carbocycles. The Labute approximate surface area is 160 Å². The Bertz CT molecular complexity index is 749. The maximum Gasteiger partial charge on any atom is 0.228 e. The topological polar surface area (TPSA) is 81.2 Å². The van der Waals surface area contributed by atoms with Crippen LogP contribution in [0.15, 0.2) is 42.7 Å². The van der Waals surface area contributed by atoms with Crippen molar-refractivity contribution in [1.82, 2.24) is 20.2 Å². The molecule has 0 spiro atoms. The average Bonchev–Trinajstić information content (AvgIpc) is 3.40. The first-order chi connectivity index (χ1) is 13.2. The second-order valence-corrected chi connectivity index (χ2v) is 7.81. The lowest BCUT2D eigenvalue weighted by molar-refractivity contribution is -0.133. The maximum absolute atomic E-state index is 13.3. The summed E-state index contributed by atoms with van der Waals surface area (Å²) >= 11 is 0. The molecule has 2 aliphatic rings. The number of aromatic amines is 1. The Kier molecular flexibility index (Phi) is 5.27. The first-order valence-electron chi connectivity index (χ1n) is 9.90. The molecule has 3 atom stereocenters. The van der Waals surface area contributed by atoms with E-state index in [2.05, 4.69) is 32.3 Å². The van der Waals surface area contributed by atoms with Crippen LogP contribution in [-0.2, 0) is 17.8 Å². The van der Waals surface area contributed by atoms with Crippen molar-refractivity contribution in [3.8, 4) is 0 Å². The van der Waals surface area contributed by atoms with Gasteiger partial charge < -0.3 is 15.4 Å². The van der Waals surface area contributed by atoms with Crippen LogP contribution in [0.2, 0.25) is 0 Å². The zero-order valence-corrected chi connectivity index (χ0v) is 15.6. The van der Waals surface area contributed by atoms with Crippen molar-refractivity contribution in [2.75, 3.05) is 13.2 Å². The van der Waals surface area contributed by atoms with Crippen LogP contribution in [0, 0.1) is 5.41 Å². The summed E-state index contributed by atoms with van der Waals surface area (Å²) in [6.07, 6.45) is 8.07. The maximum atomic E-state index is 13.3. The summed E-state index contributed by atoms with van der Waals surface area (Å²) in [6.45, 7) is 1.40. The van der Waals surface area contributed by atoms with E-state index in [0.29, 0.717) is 19.0 Å². The number of nitrogens with one attached hydrogen (secondary N) is 2. The zero-order valence-electron chi connectivity index (χ0n) is 15.6. The van der Waals surface area contributed by atoms with Crippen molar-refractivity contribution in [3.05, 3.63) is 54.1 Å². The molecule has 0 radical (unpaired) electrons. The minimum atomic E-state index is -0.410. The van der Waals surface area contributed by atoms with Gasteiger partial charge in [0, 0.05) is 37.6 Å². The normalized spacial score (nSPS) is 27.1. The van der Waals surface area contributed by atoms with Crippen LogP contribution in [0.3, 0.4) is 0 Å². The van der Waals surface area contributed by atoms with Crippen LogP contribution in [0.5, 0.6) is 0 Å². The van der Waals surface area contributed by atoms with Crippen molar-refractivity contribution in [2.45, 2.75) is 50.7 Å². The van der Waals surface area contributed by atoms with E-state index in [4.69, 9.17) is 5.11 Å². The zero-order chi connectivity index (χ0) is 18.7. The van der Waals surface area contributed by atoms with Gasteiger partial charge in [0.2, 0.25) is 5.91 Å². The molecule has 1 amide bonds. The molecule has 3 N–H and O–H groups in total. The van der Waals surface area contributed by atoms with Crippen molar-refractivity contribution in [1.29, 1.82) is 0 Å². The first-order valence-corrected chi connectivity index (χ1v) is 9.90. The third kappa shape index (κ3) is 3.51. The Morgan fingerprint density at radius 3 is 2.93 bits per heavy atom. The van der Waals surface area contributed by atoms with Gasteiger partial charge >= 0.3 is 0 Å². The monoisotopic (exact) mass is 368 g/mol. The van der Waals surface area contributed by atoms with Gasteiger partial charge in [-0.25, -0.2) is 4.98 Å². The molecule has 2 bridgehead atoms. The molecule has 3 heterocycles. The van der Waals surface area contributed by atoms with Crippen molar-refractivity contribution < 1.29 is 9.90 Å². The number of aliphatic hydroxyl groups is 1. The van der Waals surface area contributed by atoms with E-state index in [9.17, 15) is 4.79 Å². The van der Waals surface area contributed by atoms with Gasteiger partial charge in [0.05, 0.1) is 12.0 Å². The van der Waals surface area contributed by atoms with Gasteiger partial charge in [-0.05, 0) is 37.7 Å². The Balaban J connectivity index is 1.59. The number of amides is 1. The highest BCUT2D eigenvalue weighted by molar-refractivity contribution is 5.84. The van der Waals surface area contributed by atoms with Crippen LogP contribution in [-0.4, -0.2) is 51.1 Å². The molecule has 0 saturated carbocycles. The van der Waals surface area contributed by atoms with Crippen molar-refractivity contribution >= 4 is 5.91 Å². The quantitative estimate of drug-likeness (QED) is 0.622. The second-order valence-electron chi connectivity index (χ2n) is 7.81. The van der Waals surface area contributed by atoms with Crippen molar-refractivity contribution in [2.24, 2.45) is 5.41 Å². The molecule has 2 saturated heterocycles. The van der Waals surface area contributed by atoms with Gasteiger partial charge in [-0.2, -0.15) is 0 Å². The first kappa shape index (κ1) is 18.2. The predicted octanol–water partition coefficient (Wildman–Crippen LogP) is 1.87. The molecular formula is C21H28N4O2. The smallest absolute Gasteiger partial charge is 0.228 e. The van der Waals surface area contributed by atoms with E-state index in [-0.39, 0.29) is 18.6 Å². The van der Waals surface area contributed by atoms with Crippen LogP contribution >= 0.6 is 0 Å². The number of rotatable bonds is 8. The van der Waals surface area contributed by atoms with Crippen LogP contribution < -0.4 is 5.32 Å². The summed E-state index contributed by atoms with van der Waals surface area (Å²) in [5.74, 6) is 1.10. The van der Waals surface area contributed by atoms with Crippen LogP contribution in [0.1, 0.15) is 37.1 Å². The number of nitrogens with zero attached hydrogens (tertiary/aromatic N) is 2. The summed E-state index contributed by atoms with van der Waals surface area (Å²) in [7, 11) is 0. The largest absolute Gasteiger partial charge is 0.396 e. The summed E-state index contributed by atoms with van der Waals surface area (Å²) in [6, 6.07) is 11.0. The third-order valence-corrected chi connectivity index (χ3v) is 6.20. The number of aliphatic hydroxyl groups excluding tert-OH is 1. The van der Waals surface area contributed by atoms with Crippen LogP contribution in [0.25, 0.3) is 0 Å². The fraction of sp³-hybridized carbons (Fsp3) is 0.524. The molecule has 4 rings (SSSR count). The highest BCUT2D eigenvalue weighted by Gasteiger charge is 2.59. The van der Waals surface area contributed by atoms with E-state index in [1.807, 2.05) is 24.4 Å². The minimum absolute atomic E-state index is 0.0998. The average molecular weight is 368 g/mol. The van der Waals surface area contributed by atoms with Crippen LogP contribution in [0.4, 0.5) is 0 Å². The predicted molar refractivity (Wildman–Crippen MR) is 103 cm³/mol. The summed E-state index contributed by atoms with van der Waals surface area (Å²) in [5.41, 5.74) is 0.798. The lowest BCUT2D eigenvalue weighted by Gasteiger charge is -2.36. The van der Waals surface area contributed by atoms with E-state index in [1.54, 1.807) is 6.20 Å². The van der Waals surface area contributed by atoms with Gasteiger partial charge in [-0.1, -0.05) is 30.3 Å². The fourth-order valence-electron chi connectivity index (χ4n) is 5.03. The number of imidazole rings is 1. The molecule has 144 valence electrons.